The molecule has 1 aliphatic heterocycles. The van der Waals surface area contributed by atoms with Crippen molar-refractivity contribution < 1.29 is 27.0 Å². The quantitative estimate of drug-likeness (QED) is 0.620. The lowest BCUT2D eigenvalue weighted by molar-refractivity contribution is 0.00160. The van der Waals surface area contributed by atoms with Crippen LogP contribution < -0.4 is 0 Å². The molecule has 0 unspecified atom stereocenters. The minimum atomic E-state index is -4.31. The summed E-state index contributed by atoms with van der Waals surface area (Å²) in [6.45, 7) is 1.78. The maximum Gasteiger partial charge on any atom is 0.244 e. The Bertz CT molecular complexity index is 1270. The number of sulfone groups is 1. The Labute approximate surface area is 192 Å². The van der Waals surface area contributed by atoms with E-state index in [0.29, 0.717) is 0 Å². The third kappa shape index (κ3) is 4.29. The van der Waals surface area contributed by atoms with E-state index in [2.05, 4.69) is 0 Å². The van der Waals surface area contributed by atoms with Gasteiger partial charge in [-0.1, -0.05) is 37.6 Å². The van der Waals surface area contributed by atoms with Gasteiger partial charge in [0.25, 0.3) is 0 Å². The number of aliphatic hydroxyl groups is 2. The van der Waals surface area contributed by atoms with Crippen LogP contribution in [0.5, 0.6) is 0 Å². The Hall–Kier alpha value is -2.00. The molecule has 1 aliphatic rings. The Kier molecular flexibility index (Phi) is 6.73. The number of nitrogens with zero attached hydrogens (tertiary/aromatic N) is 2. The molecule has 11 heteroatoms. The van der Waals surface area contributed by atoms with E-state index in [9.17, 15) is 27.0 Å². The lowest BCUT2D eigenvalue weighted by atomic mass is 10.0. The SMILES string of the molecule is CC(C)c1ccc(S(=O)(=O)[C@H]2CN(S(=O)(=O)c3ccc(C#N)cc3Cl)C[C@@]2(O)CO)cc1. The molecule has 3 rings (SSSR count). The van der Waals surface area contributed by atoms with Crippen molar-refractivity contribution in [3.8, 4) is 6.07 Å². The third-order valence-corrected chi connectivity index (χ3v) is 10.2. The van der Waals surface area contributed by atoms with E-state index in [4.69, 9.17) is 16.9 Å². The van der Waals surface area contributed by atoms with Gasteiger partial charge in [0.05, 0.1) is 28.2 Å². The topological polar surface area (TPSA) is 136 Å². The van der Waals surface area contributed by atoms with E-state index in [1.165, 1.54) is 24.3 Å². The van der Waals surface area contributed by atoms with Crippen LogP contribution in [0.3, 0.4) is 0 Å². The first-order chi connectivity index (χ1) is 14.9. The fraction of sp³-hybridized carbons (Fsp3) is 0.381. The van der Waals surface area contributed by atoms with Crippen molar-refractivity contribution in [1.29, 1.82) is 5.26 Å². The van der Waals surface area contributed by atoms with E-state index in [1.807, 2.05) is 19.9 Å². The van der Waals surface area contributed by atoms with Crippen LogP contribution in [0, 0.1) is 11.3 Å². The summed E-state index contributed by atoms with van der Waals surface area (Å²) in [5, 5.41) is 27.9. The average molecular weight is 499 g/mol. The molecule has 0 saturated carbocycles. The molecule has 0 aromatic heterocycles. The van der Waals surface area contributed by atoms with Gasteiger partial charge in [0.2, 0.25) is 10.0 Å². The molecule has 1 saturated heterocycles. The summed E-state index contributed by atoms with van der Waals surface area (Å²) in [5.41, 5.74) is -1.12. The third-order valence-electron chi connectivity index (χ3n) is 5.62. The molecule has 172 valence electrons. The largest absolute Gasteiger partial charge is 0.393 e. The number of rotatable bonds is 6. The van der Waals surface area contributed by atoms with Crippen molar-refractivity contribution in [3.05, 3.63) is 58.6 Å². The fourth-order valence-corrected chi connectivity index (χ4v) is 7.75. The fourth-order valence-electron chi connectivity index (χ4n) is 3.67. The maximum atomic E-state index is 13.3. The molecule has 0 spiro atoms. The summed E-state index contributed by atoms with van der Waals surface area (Å²) in [6.07, 6.45) is 0. The molecule has 0 bridgehead atoms. The lowest BCUT2D eigenvalue weighted by Crippen LogP contribution is -2.49. The lowest BCUT2D eigenvalue weighted by Gasteiger charge is -2.26. The van der Waals surface area contributed by atoms with E-state index in [0.717, 1.165) is 15.9 Å². The summed E-state index contributed by atoms with van der Waals surface area (Å²) in [6, 6.07) is 11.6. The maximum absolute atomic E-state index is 13.3. The Balaban J connectivity index is 2.00. The highest BCUT2D eigenvalue weighted by molar-refractivity contribution is 7.92. The van der Waals surface area contributed by atoms with Crippen LogP contribution in [-0.4, -0.2) is 61.9 Å². The number of benzene rings is 2. The first-order valence-electron chi connectivity index (χ1n) is 9.73. The molecule has 32 heavy (non-hydrogen) atoms. The van der Waals surface area contributed by atoms with Crippen LogP contribution in [0.25, 0.3) is 0 Å². The van der Waals surface area contributed by atoms with Gasteiger partial charge in [-0.25, -0.2) is 16.8 Å². The van der Waals surface area contributed by atoms with Crippen molar-refractivity contribution in [1.82, 2.24) is 4.31 Å². The van der Waals surface area contributed by atoms with E-state index in [-0.39, 0.29) is 26.3 Å². The summed E-state index contributed by atoms with van der Waals surface area (Å²) >= 11 is 6.05. The van der Waals surface area contributed by atoms with Crippen molar-refractivity contribution in [2.75, 3.05) is 19.7 Å². The molecule has 2 N–H and O–H groups in total. The molecule has 1 heterocycles. The molecule has 0 amide bonds. The van der Waals surface area contributed by atoms with E-state index in [1.54, 1.807) is 12.1 Å². The van der Waals surface area contributed by atoms with Crippen LogP contribution in [-0.2, 0) is 19.9 Å². The second-order valence-corrected chi connectivity index (χ2v) is 12.5. The summed E-state index contributed by atoms with van der Waals surface area (Å²) in [5.74, 6) is 0.186. The van der Waals surface area contributed by atoms with Crippen LogP contribution in [0.15, 0.2) is 52.3 Å². The first-order valence-corrected chi connectivity index (χ1v) is 13.1. The number of sulfonamides is 1. The highest BCUT2D eigenvalue weighted by Crippen LogP contribution is 2.36. The van der Waals surface area contributed by atoms with Gasteiger partial charge in [-0.05, 0) is 41.8 Å². The van der Waals surface area contributed by atoms with Crippen molar-refractivity contribution in [2.45, 2.75) is 40.4 Å². The molecule has 8 nitrogen and oxygen atoms in total. The first kappa shape index (κ1) is 24.6. The highest BCUT2D eigenvalue weighted by atomic mass is 35.5. The van der Waals surface area contributed by atoms with Gasteiger partial charge in [-0.3, -0.25) is 0 Å². The van der Waals surface area contributed by atoms with E-state index >= 15 is 0 Å². The zero-order valence-corrected chi connectivity index (χ0v) is 19.8. The number of nitriles is 1. The van der Waals surface area contributed by atoms with Gasteiger partial charge in [0.15, 0.2) is 9.84 Å². The Morgan fingerprint density at radius 1 is 1.19 bits per heavy atom. The number of halogens is 1. The van der Waals surface area contributed by atoms with Gasteiger partial charge < -0.3 is 10.2 Å². The molecule has 0 aliphatic carbocycles. The van der Waals surface area contributed by atoms with Crippen LogP contribution in [0.2, 0.25) is 5.02 Å². The molecule has 2 aromatic carbocycles. The molecular formula is C21H23ClN2O6S2. The highest BCUT2D eigenvalue weighted by Gasteiger charge is 2.55. The molecule has 2 aromatic rings. The number of hydrogen-bond acceptors (Lipinski definition) is 7. The molecule has 1 fully saturated rings. The van der Waals surface area contributed by atoms with Crippen LogP contribution in [0.1, 0.15) is 30.9 Å². The molecule has 2 atom stereocenters. The van der Waals surface area contributed by atoms with Crippen molar-refractivity contribution in [3.63, 3.8) is 0 Å². The predicted molar refractivity (Wildman–Crippen MR) is 118 cm³/mol. The number of β-amino-alcohol motifs (C(OH)–C–C–N with tert-alkyl or cyclic N) is 1. The Morgan fingerprint density at radius 2 is 1.81 bits per heavy atom. The minimum Gasteiger partial charge on any atom is -0.393 e. The monoisotopic (exact) mass is 498 g/mol. The number of hydrogen-bond donors (Lipinski definition) is 2. The van der Waals surface area contributed by atoms with Crippen LogP contribution >= 0.6 is 11.6 Å². The smallest absolute Gasteiger partial charge is 0.244 e. The van der Waals surface area contributed by atoms with Crippen LogP contribution in [0.4, 0.5) is 0 Å². The Morgan fingerprint density at radius 3 is 2.31 bits per heavy atom. The zero-order valence-electron chi connectivity index (χ0n) is 17.4. The summed E-state index contributed by atoms with van der Waals surface area (Å²) in [7, 11) is -8.50. The van der Waals surface area contributed by atoms with E-state index < -0.39 is 50.4 Å². The summed E-state index contributed by atoms with van der Waals surface area (Å²) < 4.78 is 53.7. The predicted octanol–water partition coefficient (Wildman–Crippen LogP) is 1.91. The van der Waals surface area contributed by atoms with Gasteiger partial charge in [-0.15, -0.1) is 0 Å². The zero-order chi connectivity index (χ0) is 23.9. The van der Waals surface area contributed by atoms with Gasteiger partial charge >= 0.3 is 0 Å². The standard InChI is InChI=1S/C21H23ClN2O6S2/c1-14(2)16-4-6-17(7-5-16)31(27,28)20-11-24(12-21(20,26)13-25)32(29,30)19-8-3-15(10-23)9-18(19)22/h3-9,14,20,25-26H,11-13H2,1-2H3/t20-,21+/m0/s1. The van der Waals surface area contributed by atoms with Crippen molar-refractivity contribution >= 4 is 31.5 Å². The second-order valence-electron chi connectivity index (χ2n) is 8.07. The van der Waals surface area contributed by atoms with Gasteiger partial charge in [-0.2, -0.15) is 9.57 Å². The average Bonchev–Trinajstić information content (AvgIpc) is 3.13. The van der Waals surface area contributed by atoms with Gasteiger partial charge in [0.1, 0.15) is 15.7 Å². The second kappa shape index (κ2) is 8.74. The van der Waals surface area contributed by atoms with Gasteiger partial charge in [0, 0.05) is 13.1 Å². The van der Waals surface area contributed by atoms with Crippen molar-refractivity contribution in [2.24, 2.45) is 0 Å². The normalized spacial score (nSPS) is 22.2. The number of aliphatic hydroxyl groups excluding tert-OH is 1. The minimum absolute atomic E-state index is 0.0746. The summed E-state index contributed by atoms with van der Waals surface area (Å²) in [4.78, 5) is -0.396. The molecule has 0 radical (unpaired) electrons. The molecular weight excluding hydrogens is 476 g/mol.